The third kappa shape index (κ3) is 3.12. The predicted molar refractivity (Wildman–Crippen MR) is 77.0 cm³/mol. The van der Waals surface area contributed by atoms with Gasteiger partial charge >= 0.3 is 0 Å². The SMILES string of the molecule is COc1ccc(Oc2ccc(C)cc2I)cc1. The van der Waals surface area contributed by atoms with Crippen molar-refractivity contribution in [2.75, 3.05) is 7.11 Å². The normalized spacial score (nSPS) is 10.1. The van der Waals surface area contributed by atoms with Crippen LogP contribution in [0.15, 0.2) is 42.5 Å². The molecular weight excluding hydrogens is 327 g/mol. The maximum Gasteiger partial charge on any atom is 0.140 e. The number of hydrogen-bond acceptors (Lipinski definition) is 2. The highest BCUT2D eigenvalue weighted by molar-refractivity contribution is 14.1. The van der Waals surface area contributed by atoms with E-state index >= 15 is 0 Å². The molecule has 0 aliphatic carbocycles. The Morgan fingerprint density at radius 1 is 0.941 bits per heavy atom. The Morgan fingerprint density at radius 2 is 1.59 bits per heavy atom. The summed E-state index contributed by atoms with van der Waals surface area (Å²) in [5.41, 5.74) is 1.23. The third-order valence-electron chi connectivity index (χ3n) is 2.37. The number of methoxy groups -OCH3 is 1. The molecular formula is C14H13IO2. The van der Waals surface area contributed by atoms with Gasteiger partial charge in [0.2, 0.25) is 0 Å². The molecule has 0 bridgehead atoms. The molecule has 0 atom stereocenters. The number of benzene rings is 2. The lowest BCUT2D eigenvalue weighted by Crippen LogP contribution is -1.88. The van der Waals surface area contributed by atoms with Crippen molar-refractivity contribution >= 4 is 22.6 Å². The van der Waals surface area contributed by atoms with Gasteiger partial charge in [-0.1, -0.05) is 6.07 Å². The van der Waals surface area contributed by atoms with E-state index in [2.05, 4.69) is 35.6 Å². The van der Waals surface area contributed by atoms with E-state index in [1.807, 2.05) is 36.4 Å². The molecule has 2 aromatic carbocycles. The van der Waals surface area contributed by atoms with Gasteiger partial charge in [-0.05, 0) is 71.5 Å². The van der Waals surface area contributed by atoms with Gasteiger partial charge in [0.25, 0.3) is 0 Å². The van der Waals surface area contributed by atoms with Gasteiger partial charge in [-0.15, -0.1) is 0 Å². The van der Waals surface area contributed by atoms with Crippen molar-refractivity contribution in [1.29, 1.82) is 0 Å². The Labute approximate surface area is 115 Å². The second-order valence-corrected chi connectivity index (χ2v) is 4.87. The van der Waals surface area contributed by atoms with Crippen LogP contribution in [-0.4, -0.2) is 7.11 Å². The Bertz CT molecular complexity index is 506. The molecule has 0 N–H and O–H groups in total. The van der Waals surface area contributed by atoms with Crippen LogP contribution in [0, 0.1) is 10.5 Å². The molecule has 0 radical (unpaired) electrons. The summed E-state index contributed by atoms with van der Waals surface area (Å²) in [6, 6.07) is 13.7. The first-order valence-corrected chi connectivity index (χ1v) is 6.35. The summed E-state index contributed by atoms with van der Waals surface area (Å²) in [7, 11) is 1.65. The Kier molecular flexibility index (Phi) is 3.89. The zero-order valence-corrected chi connectivity index (χ0v) is 11.9. The lowest BCUT2D eigenvalue weighted by atomic mass is 10.2. The molecule has 2 rings (SSSR count). The lowest BCUT2D eigenvalue weighted by Gasteiger charge is -2.08. The van der Waals surface area contributed by atoms with Gasteiger partial charge in [0, 0.05) is 0 Å². The zero-order chi connectivity index (χ0) is 12.3. The fourth-order valence-corrected chi connectivity index (χ4v) is 2.24. The van der Waals surface area contributed by atoms with Crippen molar-refractivity contribution in [3.63, 3.8) is 0 Å². The summed E-state index contributed by atoms with van der Waals surface area (Å²) >= 11 is 2.28. The summed E-state index contributed by atoms with van der Waals surface area (Å²) in [6.45, 7) is 2.07. The average molecular weight is 340 g/mol. The molecule has 0 aliphatic heterocycles. The molecule has 0 unspecified atom stereocenters. The van der Waals surface area contributed by atoms with Gasteiger partial charge in [-0.3, -0.25) is 0 Å². The van der Waals surface area contributed by atoms with Gasteiger partial charge in [-0.25, -0.2) is 0 Å². The van der Waals surface area contributed by atoms with Crippen LogP contribution in [-0.2, 0) is 0 Å². The first-order valence-electron chi connectivity index (χ1n) is 5.27. The van der Waals surface area contributed by atoms with Crippen LogP contribution in [0.5, 0.6) is 17.2 Å². The van der Waals surface area contributed by atoms with E-state index in [9.17, 15) is 0 Å². The fourth-order valence-electron chi connectivity index (χ4n) is 1.46. The number of ether oxygens (including phenoxy) is 2. The van der Waals surface area contributed by atoms with Crippen LogP contribution < -0.4 is 9.47 Å². The van der Waals surface area contributed by atoms with Gasteiger partial charge in [0.05, 0.1) is 10.7 Å². The largest absolute Gasteiger partial charge is 0.497 e. The van der Waals surface area contributed by atoms with Crippen LogP contribution in [0.2, 0.25) is 0 Å². The van der Waals surface area contributed by atoms with Crippen LogP contribution in [0.1, 0.15) is 5.56 Å². The van der Waals surface area contributed by atoms with E-state index in [4.69, 9.17) is 9.47 Å². The Balaban J connectivity index is 2.19. The van der Waals surface area contributed by atoms with E-state index in [1.165, 1.54) is 5.56 Å². The van der Waals surface area contributed by atoms with Gasteiger partial charge in [0.15, 0.2) is 0 Å². The van der Waals surface area contributed by atoms with Crippen molar-refractivity contribution in [2.45, 2.75) is 6.92 Å². The first-order chi connectivity index (χ1) is 8.19. The molecule has 0 heterocycles. The molecule has 2 nitrogen and oxygen atoms in total. The third-order valence-corrected chi connectivity index (χ3v) is 3.22. The highest BCUT2D eigenvalue weighted by atomic mass is 127. The summed E-state index contributed by atoms with van der Waals surface area (Å²) in [4.78, 5) is 0. The van der Waals surface area contributed by atoms with Crippen molar-refractivity contribution in [3.8, 4) is 17.2 Å². The maximum absolute atomic E-state index is 5.80. The number of aryl methyl sites for hydroxylation is 1. The first kappa shape index (κ1) is 12.2. The van der Waals surface area contributed by atoms with Crippen molar-refractivity contribution in [2.24, 2.45) is 0 Å². The molecule has 0 amide bonds. The van der Waals surface area contributed by atoms with Crippen molar-refractivity contribution in [1.82, 2.24) is 0 Å². The zero-order valence-electron chi connectivity index (χ0n) is 9.74. The molecule has 3 heteroatoms. The topological polar surface area (TPSA) is 18.5 Å². The lowest BCUT2D eigenvalue weighted by molar-refractivity contribution is 0.412. The standard InChI is InChI=1S/C14H13IO2/c1-10-3-8-14(13(15)9-10)17-12-6-4-11(16-2)5-7-12/h3-9H,1-2H3. The highest BCUT2D eigenvalue weighted by Gasteiger charge is 2.02. The van der Waals surface area contributed by atoms with E-state index < -0.39 is 0 Å². The Hall–Kier alpha value is -1.23. The number of rotatable bonds is 3. The molecule has 0 saturated carbocycles. The monoisotopic (exact) mass is 340 g/mol. The second kappa shape index (κ2) is 5.40. The molecule has 0 aromatic heterocycles. The Morgan fingerprint density at radius 3 is 2.18 bits per heavy atom. The summed E-state index contributed by atoms with van der Waals surface area (Å²) in [5, 5.41) is 0. The maximum atomic E-state index is 5.80. The van der Waals surface area contributed by atoms with Gasteiger partial charge < -0.3 is 9.47 Å². The molecule has 0 aliphatic rings. The van der Waals surface area contributed by atoms with Gasteiger partial charge in [-0.2, -0.15) is 0 Å². The minimum atomic E-state index is 0.813. The molecule has 2 aromatic rings. The number of halogens is 1. The van der Waals surface area contributed by atoms with E-state index in [0.717, 1.165) is 20.8 Å². The van der Waals surface area contributed by atoms with E-state index in [0.29, 0.717) is 0 Å². The molecule has 0 saturated heterocycles. The summed E-state index contributed by atoms with van der Waals surface area (Å²) in [6.07, 6.45) is 0. The smallest absolute Gasteiger partial charge is 0.140 e. The van der Waals surface area contributed by atoms with Crippen LogP contribution in [0.4, 0.5) is 0 Å². The quantitative estimate of drug-likeness (QED) is 0.771. The minimum Gasteiger partial charge on any atom is -0.497 e. The van der Waals surface area contributed by atoms with E-state index in [1.54, 1.807) is 7.11 Å². The molecule has 88 valence electrons. The number of hydrogen-bond donors (Lipinski definition) is 0. The van der Waals surface area contributed by atoms with Crippen LogP contribution in [0.3, 0.4) is 0 Å². The second-order valence-electron chi connectivity index (χ2n) is 3.71. The fraction of sp³-hybridized carbons (Fsp3) is 0.143. The minimum absolute atomic E-state index is 0.813. The van der Waals surface area contributed by atoms with Gasteiger partial charge in [0.1, 0.15) is 17.2 Å². The molecule has 0 spiro atoms. The summed E-state index contributed by atoms with van der Waals surface area (Å²) < 4.78 is 12.0. The molecule has 0 fully saturated rings. The van der Waals surface area contributed by atoms with Crippen LogP contribution >= 0.6 is 22.6 Å². The summed E-state index contributed by atoms with van der Waals surface area (Å²) in [5.74, 6) is 2.52. The highest BCUT2D eigenvalue weighted by Crippen LogP contribution is 2.28. The average Bonchev–Trinajstić information content (AvgIpc) is 2.34. The van der Waals surface area contributed by atoms with Crippen molar-refractivity contribution in [3.05, 3.63) is 51.6 Å². The molecule has 17 heavy (non-hydrogen) atoms. The van der Waals surface area contributed by atoms with E-state index in [-0.39, 0.29) is 0 Å². The van der Waals surface area contributed by atoms with Crippen LogP contribution in [0.25, 0.3) is 0 Å². The van der Waals surface area contributed by atoms with Crippen molar-refractivity contribution < 1.29 is 9.47 Å². The predicted octanol–water partition coefficient (Wildman–Crippen LogP) is 4.40.